The molecule has 2 rings (SSSR count). The van der Waals surface area contributed by atoms with Crippen LogP contribution in [0.2, 0.25) is 0 Å². The lowest BCUT2D eigenvalue weighted by Crippen LogP contribution is -2.50. The molecular weight excluding hydrogens is 274 g/mol. The van der Waals surface area contributed by atoms with E-state index in [1.165, 1.54) is 11.3 Å². The molecule has 1 aromatic heterocycles. The highest BCUT2D eigenvalue weighted by Crippen LogP contribution is 2.11. The second-order valence-electron chi connectivity index (χ2n) is 5.16. The molecule has 110 valence electrons. The van der Waals surface area contributed by atoms with Gasteiger partial charge in [-0.25, -0.2) is 0 Å². The first-order chi connectivity index (χ1) is 9.66. The number of rotatable bonds is 5. The van der Waals surface area contributed by atoms with E-state index in [0.29, 0.717) is 24.4 Å². The minimum atomic E-state index is -0.119. The van der Waals surface area contributed by atoms with Gasteiger partial charge in [-0.15, -0.1) is 0 Å². The largest absolute Gasteiger partial charge is 0.352 e. The number of nitrogens with one attached hydrogen (secondary N) is 3. The first-order valence-corrected chi connectivity index (χ1v) is 7.91. The second kappa shape index (κ2) is 7.40. The fourth-order valence-corrected chi connectivity index (χ4v) is 2.88. The second-order valence-corrected chi connectivity index (χ2v) is 5.94. The summed E-state index contributed by atoms with van der Waals surface area (Å²) in [6, 6.07) is 1.97. The van der Waals surface area contributed by atoms with Gasteiger partial charge in [0, 0.05) is 36.5 Å². The van der Waals surface area contributed by atoms with Gasteiger partial charge in [-0.2, -0.15) is 11.3 Å². The standard InChI is InChI=1S/C14H21N3O2S/c1-10-2-5-15-8-12(10)17-13(18)3-6-16-14(19)11-4-7-20-9-11/h4,7,9-10,12,15H,2-3,5-6,8H2,1H3,(H,16,19)(H,17,18). The van der Waals surface area contributed by atoms with Gasteiger partial charge in [0.25, 0.3) is 5.91 Å². The molecule has 2 heterocycles. The first-order valence-electron chi connectivity index (χ1n) is 6.97. The summed E-state index contributed by atoms with van der Waals surface area (Å²) in [5, 5.41) is 12.7. The monoisotopic (exact) mass is 295 g/mol. The minimum absolute atomic E-state index is 0.00355. The fourth-order valence-electron chi connectivity index (χ4n) is 2.25. The molecular formula is C14H21N3O2S. The number of piperidine rings is 1. The molecule has 0 aromatic carbocycles. The number of hydrogen-bond acceptors (Lipinski definition) is 4. The molecule has 3 N–H and O–H groups in total. The molecule has 2 amide bonds. The van der Waals surface area contributed by atoms with Gasteiger partial charge in [0.15, 0.2) is 0 Å². The molecule has 20 heavy (non-hydrogen) atoms. The zero-order chi connectivity index (χ0) is 14.4. The molecule has 1 aliphatic heterocycles. The lowest BCUT2D eigenvalue weighted by atomic mass is 9.95. The SMILES string of the molecule is CC1CCNCC1NC(=O)CCNC(=O)c1ccsc1. The zero-order valence-corrected chi connectivity index (χ0v) is 12.5. The molecule has 1 saturated heterocycles. The summed E-state index contributed by atoms with van der Waals surface area (Å²) < 4.78 is 0. The molecule has 6 heteroatoms. The van der Waals surface area contributed by atoms with Crippen molar-refractivity contribution in [2.45, 2.75) is 25.8 Å². The van der Waals surface area contributed by atoms with Crippen molar-refractivity contribution in [2.75, 3.05) is 19.6 Å². The van der Waals surface area contributed by atoms with E-state index in [0.717, 1.165) is 19.5 Å². The van der Waals surface area contributed by atoms with Crippen LogP contribution in [0, 0.1) is 5.92 Å². The van der Waals surface area contributed by atoms with Crippen molar-refractivity contribution in [3.63, 3.8) is 0 Å². The smallest absolute Gasteiger partial charge is 0.252 e. The Balaban J connectivity index is 1.66. The lowest BCUT2D eigenvalue weighted by Gasteiger charge is -2.30. The number of thiophene rings is 1. The minimum Gasteiger partial charge on any atom is -0.352 e. The molecule has 1 fully saturated rings. The van der Waals surface area contributed by atoms with Crippen LogP contribution >= 0.6 is 11.3 Å². The lowest BCUT2D eigenvalue weighted by molar-refractivity contribution is -0.122. The van der Waals surface area contributed by atoms with Crippen molar-refractivity contribution in [2.24, 2.45) is 5.92 Å². The first kappa shape index (κ1) is 15.0. The van der Waals surface area contributed by atoms with Gasteiger partial charge in [-0.3, -0.25) is 9.59 Å². The van der Waals surface area contributed by atoms with E-state index < -0.39 is 0 Å². The van der Waals surface area contributed by atoms with Crippen LogP contribution in [0.25, 0.3) is 0 Å². The average molecular weight is 295 g/mol. The predicted octanol–water partition coefficient (Wildman–Crippen LogP) is 0.982. The van der Waals surface area contributed by atoms with Crippen LogP contribution < -0.4 is 16.0 Å². The molecule has 0 radical (unpaired) electrons. The number of carbonyl (C=O) groups excluding carboxylic acids is 2. The summed E-state index contributed by atoms with van der Waals surface area (Å²) in [7, 11) is 0. The topological polar surface area (TPSA) is 70.2 Å². The number of hydrogen-bond donors (Lipinski definition) is 3. The van der Waals surface area contributed by atoms with Crippen molar-refractivity contribution < 1.29 is 9.59 Å². The van der Waals surface area contributed by atoms with Crippen LogP contribution in [0.5, 0.6) is 0 Å². The van der Waals surface area contributed by atoms with Gasteiger partial charge in [0.2, 0.25) is 5.91 Å². The third-order valence-electron chi connectivity index (χ3n) is 3.59. The van der Waals surface area contributed by atoms with E-state index in [1.54, 1.807) is 11.4 Å². The normalized spacial score (nSPS) is 22.2. The van der Waals surface area contributed by atoms with E-state index in [4.69, 9.17) is 0 Å². The van der Waals surface area contributed by atoms with Crippen molar-refractivity contribution in [3.8, 4) is 0 Å². The van der Waals surface area contributed by atoms with E-state index >= 15 is 0 Å². The third kappa shape index (κ3) is 4.31. The third-order valence-corrected chi connectivity index (χ3v) is 4.28. The fraction of sp³-hybridized carbons (Fsp3) is 0.571. The van der Waals surface area contributed by atoms with Gasteiger partial charge in [0.1, 0.15) is 0 Å². The Morgan fingerprint density at radius 1 is 1.50 bits per heavy atom. The molecule has 2 unspecified atom stereocenters. The van der Waals surface area contributed by atoms with Crippen LogP contribution in [-0.4, -0.2) is 37.5 Å². The van der Waals surface area contributed by atoms with E-state index in [9.17, 15) is 9.59 Å². The van der Waals surface area contributed by atoms with Gasteiger partial charge >= 0.3 is 0 Å². The molecule has 1 aliphatic rings. The maximum atomic E-state index is 11.8. The molecule has 0 aliphatic carbocycles. The Hall–Kier alpha value is -1.40. The van der Waals surface area contributed by atoms with Gasteiger partial charge in [0.05, 0.1) is 0 Å². The van der Waals surface area contributed by atoms with Crippen LogP contribution in [0.3, 0.4) is 0 Å². The Kier molecular flexibility index (Phi) is 5.55. The highest BCUT2D eigenvalue weighted by atomic mass is 32.1. The average Bonchev–Trinajstić information content (AvgIpc) is 2.95. The molecule has 0 spiro atoms. The Labute approximate surface area is 123 Å². The summed E-state index contributed by atoms with van der Waals surface area (Å²) in [5.74, 6) is 0.378. The van der Waals surface area contributed by atoms with Crippen molar-refractivity contribution in [1.29, 1.82) is 0 Å². The molecule has 5 nitrogen and oxygen atoms in total. The highest BCUT2D eigenvalue weighted by molar-refractivity contribution is 7.08. The molecule has 0 bridgehead atoms. The Bertz CT molecular complexity index is 447. The van der Waals surface area contributed by atoms with E-state index in [-0.39, 0.29) is 17.9 Å². The quantitative estimate of drug-likeness (QED) is 0.758. The highest BCUT2D eigenvalue weighted by Gasteiger charge is 2.22. The Morgan fingerprint density at radius 3 is 3.05 bits per heavy atom. The van der Waals surface area contributed by atoms with Crippen molar-refractivity contribution >= 4 is 23.2 Å². The van der Waals surface area contributed by atoms with E-state index in [1.807, 2.05) is 5.38 Å². The van der Waals surface area contributed by atoms with E-state index in [2.05, 4.69) is 22.9 Å². The van der Waals surface area contributed by atoms with Gasteiger partial charge in [-0.05, 0) is 30.3 Å². The van der Waals surface area contributed by atoms with Crippen LogP contribution in [0.1, 0.15) is 30.1 Å². The van der Waals surface area contributed by atoms with Gasteiger partial charge < -0.3 is 16.0 Å². The molecule has 2 atom stereocenters. The summed E-state index contributed by atoms with van der Waals surface area (Å²) in [5.41, 5.74) is 0.653. The van der Waals surface area contributed by atoms with Crippen molar-refractivity contribution in [1.82, 2.24) is 16.0 Å². The summed E-state index contributed by atoms with van der Waals surface area (Å²) in [6.45, 7) is 4.37. The number of carbonyl (C=O) groups is 2. The molecule has 0 saturated carbocycles. The van der Waals surface area contributed by atoms with Crippen LogP contribution in [0.15, 0.2) is 16.8 Å². The summed E-state index contributed by atoms with van der Waals surface area (Å²) in [6.07, 6.45) is 1.40. The molecule has 1 aromatic rings. The maximum absolute atomic E-state index is 11.8. The summed E-state index contributed by atoms with van der Waals surface area (Å²) >= 11 is 1.48. The van der Waals surface area contributed by atoms with Crippen molar-refractivity contribution in [3.05, 3.63) is 22.4 Å². The maximum Gasteiger partial charge on any atom is 0.252 e. The van der Waals surface area contributed by atoms with Gasteiger partial charge in [-0.1, -0.05) is 6.92 Å². The van der Waals surface area contributed by atoms with Crippen LogP contribution in [-0.2, 0) is 4.79 Å². The summed E-state index contributed by atoms with van der Waals surface area (Å²) in [4.78, 5) is 23.5. The number of amides is 2. The zero-order valence-electron chi connectivity index (χ0n) is 11.6. The predicted molar refractivity (Wildman–Crippen MR) is 79.9 cm³/mol. The Morgan fingerprint density at radius 2 is 2.35 bits per heavy atom. The van der Waals surface area contributed by atoms with Crippen LogP contribution in [0.4, 0.5) is 0 Å².